The molecule has 0 fully saturated rings. The Balaban J connectivity index is 1.84. The van der Waals surface area contributed by atoms with Crippen molar-refractivity contribution in [3.05, 3.63) is 71.3 Å². The van der Waals surface area contributed by atoms with Crippen LogP contribution in [0.25, 0.3) is 0 Å². The lowest BCUT2D eigenvalue weighted by Gasteiger charge is -2.32. The van der Waals surface area contributed by atoms with E-state index in [1.54, 1.807) is 0 Å². The number of carbonyl (C=O) groups excluding carboxylic acids is 2. The standard InChI is InChI=1S/C22H25NO3/c1-22(2,3)26-21(25)23-14-19-18(15-9-5-4-6-10-15)13-16-11-7-8-12-17(16)20(19)24/h4-12,18-19H,13-14H2,1-3H3,(H,23,25)/t18-,19+/m1/s1. The number of nitrogens with one attached hydrogen (secondary N) is 1. The first kappa shape index (κ1) is 18.2. The monoisotopic (exact) mass is 351 g/mol. The van der Waals surface area contributed by atoms with E-state index in [2.05, 4.69) is 5.32 Å². The van der Waals surface area contributed by atoms with Crippen LogP contribution in [0.5, 0.6) is 0 Å². The van der Waals surface area contributed by atoms with Crippen LogP contribution >= 0.6 is 0 Å². The van der Waals surface area contributed by atoms with Crippen LogP contribution in [0.3, 0.4) is 0 Å². The molecule has 1 amide bonds. The first-order valence-corrected chi connectivity index (χ1v) is 8.99. The number of hydrogen-bond donors (Lipinski definition) is 1. The molecule has 3 rings (SSSR count). The quantitative estimate of drug-likeness (QED) is 0.894. The SMILES string of the molecule is CC(C)(C)OC(=O)NC[C@@H]1C(=O)c2ccccc2C[C@@H]1c1ccccc1. The fourth-order valence-electron chi connectivity index (χ4n) is 3.49. The highest BCUT2D eigenvalue weighted by atomic mass is 16.6. The average Bonchev–Trinajstić information content (AvgIpc) is 2.60. The van der Waals surface area contributed by atoms with Gasteiger partial charge in [-0.2, -0.15) is 0 Å². The number of carbonyl (C=O) groups is 2. The lowest BCUT2D eigenvalue weighted by molar-refractivity contribution is 0.0514. The highest BCUT2D eigenvalue weighted by molar-refractivity contribution is 6.01. The summed E-state index contributed by atoms with van der Waals surface area (Å²) in [6.07, 6.45) is 0.294. The summed E-state index contributed by atoms with van der Waals surface area (Å²) in [5.74, 6) is -0.190. The summed E-state index contributed by atoms with van der Waals surface area (Å²) in [5.41, 5.74) is 2.38. The molecule has 136 valence electrons. The second-order valence-electron chi connectivity index (χ2n) is 7.73. The number of ether oxygens (including phenoxy) is 1. The third kappa shape index (κ3) is 4.13. The Labute approximate surface area is 154 Å². The van der Waals surface area contributed by atoms with Crippen molar-refractivity contribution < 1.29 is 14.3 Å². The summed E-state index contributed by atoms with van der Waals surface area (Å²) in [6.45, 7) is 5.73. The molecule has 1 aliphatic rings. The van der Waals surface area contributed by atoms with E-state index >= 15 is 0 Å². The van der Waals surface area contributed by atoms with Crippen LogP contribution in [-0.4, -0.2) is 24.0 Å². The van der Waals surface area contributed by atoms with E-state index in [0.717, 1.165) is 23.1 Å². The number of fused-ring (bicyclic) bond motifs is 1. The van der Waals surface area contributed by atoms with Crippen LogP contribution in [0.15, 0.2) is 54.6 Å². The van der Waals surface area contributed by atoms with Gasteiger partial charge in [0.1, 0.15) is 5.60 Å². The number of benzene rings is 2. The molecule has 2 aromatic rings. The van der Waals surface area contributed by atoms with E-state index in [1.807, 2.05) is 75.4 Å². The Bertz CT molecular complexity index is 793. The summed E-state index contributed by atoms with van der Waals surface area (Å²) in [7, 11) is 0. The molecule has 0 aliphatic heterocycles. The van der Waals surface area contributed by atoms with Crippen molar-refractivity contribution in [1.29, 1.82) is 0 Å². The molecule has 1 N–H and O–H groups in total. The molecule has 1 aliphatic carbocycles. The van der Waals surface area contributed by atoms with Gasteiger partial charge in [0.2, 0.25) is 0 Å². The van der Waals surface area contributed by atoms with E-state index in [-0.39, 0.29) is 24.2 Å². The number of rotatable bonds is 3. The van der Waals surface area contributed by atoms with E-state index in [1.165, 1.54) is 0 Å². The summed E-state index contributed by atoms with van der Waals surface area (Å²) >= 11 is 0. The van der Waals surface area contributed by atoms with Crippen LogP contribution in [-0.2, 0) is 11.2 Å². The summed E-state index contributed by atoms with van der Waals surface area (Å²) in [4.78, 5) is 25.2. The fraction of sp³-hybridized carbons (Fsp3) is 0.364. The van der Waals surface area contributed by atoms with Gasteiger partial charge in [0.05, 0.1) is 0 Å². The molecule has 26 heavy (non-hydrogen) atoms. The van der Waals surface area contributed by atoms with Crippen molar-refractivity contribution in [2.75, 3.05) is 6.54 Å². The van der Waals surface area contributed by atoms with Crippen molar-refractivity contribution in [3.8, 4) is 0 Å². The minimum absolute atomic E-state index is 0.0357. The van der Waals surface area contributed by atoms with Crippen LogP contribution in [0.2, 0.25) is 0 Å². The Morgan fingerprint density at radius 3 is 2.42 bits per heavy atom. The number of amides is 1. The largest absolute Gasteiger partial charge is 0.444 e. The van der Waals surface area contributed by atoms with Crippen LogP contribution in [0.1, 0.15) is 48.2 Å². The molecular weight excluding hydrogens is 326 g/mol. The van der Waals surface area contributed by atoms with Gasteiger partial charge in [0.25, 0.3) is 0 Å². The zero-order valence-electron chi connectivity index (χ0n) is 15.5. The average molecular weight is 351 g/mol. The van der Waals surface area contributed by atoms with Gasteiger partial charge in [-0.25, -0.2) is 4.79 Å². The molecule has 4 nitrogen and oxygen atoms in total. The second kappa shape index (κ2) is 7.32. The Kier molecular flexibility index (Phi) is 5.12. The maximum Gasteiger partial charge on any atom is 0.407 e. The second-order valence-corrected chi connectivity index (χ2v) is 7.73. The molecule has 0 saturated carbocycles. The van der Waals surface area contributed by atoms with E-state index in [9.17, 15) is 9.59 Å². The molecule has 2 atom stereocenters. The van der Waals surface area contributed by atoms with Crippen LogP contribution in [0, 0.1) is 5.92 Å². The molecule has 0 aromatic heterocycles. The van der Waals surface area contributed by atoms with Gasteiger partial charge in [0.15, 0.2) is 5.78 Å². The van der Waals surface area contributed by atoms with Gasteiger partial charge in [0, 0.05) is 18.0 Å². The molecule has 0 unspecified atom stereocenters. The molecule has 4 heteroatoms. The van der Waals surface area contributed by atoms with E-state index < -0.39 is 11.7 Å². The molecule has 0 heterocycles. The third-order valence-corrected chi connectivity index (χ3v) is 4.64. The maximum absolute atomic E-state index is 13.1. The molecule has 0 spiro atoms. The number of alkyl carbamates (subject to hydrolysis) is 1. The number of Topliss-reactive ketones (excluding diaryl/α,β-unsaturated/α-hetero) is 1. The van der Waals surface area contributed by atoms with Gasteiger partial charge in [-0.3, -0.25) is 4.79 Å². The predicted octanol–water partition coefficient (Wildman–Crippen LogP) is 4.35. The summed E-state index contributed by atoms with van der Waals surface area (Å²) in [6, 6.07) is 17.8. The molecule has 2 aromatic carbocycles. The fourth-order valence-corrected chi connectivity index (χ4v) is 3.49. The van der Waals surface area contributed by atoms with Gasteiger partial charge >= 0.3 is 6.09 Å². The van der Waals surface area contributed by atoms with Crippen LogP contribution in [0.4, 0.5) is 4.79 Å². The van der Waals surface area contributed by atoms with Crippen molar-refractivity contribution in [2.45, 2.75) is 38.7 Å². The maximum atomic E-state index is 13.1. The molecule has 0 saturated heterocycles. The smallest absolute Gasteiger partial charge is 0.407 e. The topological polar surface area (TPSA) is 55.4 Å². The Morgan fingerprint density at radius 2 is 1.73 bits per heavy atom. The normalized spacial score (nSPS) is 19.6. The number of hydrogen-bond acceptors (Lipinski definition) is 3. The van der Waals surface area contributed by atoms with Gasteiger partial charge in [-0.05, 0) is 44.2 Å². The lowest BCUT2D eigenvalue weighted by atomic mass is 9.72. The number of ketones is 1. The highest BCUT2D eigenvalue weighted by Crippen LogP contribution is 2.36. The Hall–Kier alpha value is -2.62. The molecule has 0 bridgehead atoms. The summed E-state index contributed by atoms with van der Waals surface area (Å²) < 4.78 is 5.31. The van der Waals surface area contributed by atoms with Gasteiger partial charge in [-0.15, -0.1) is 0 Å². The lowest BCUT2D eigenvalue weighted by Crippen LogP contribution is -2.41. The van der Waals surface area contributed by atoms with E-state index in [0.29, 0.717) is 0 Å². The first-order valence-electron chi connectivity index (χ1n) is 8.99. The van der Waals surface area contributed by atoms with Gasteiger partial charge in [-0.1, -0.05) is 54.6 Å². The first-order chi connectivity index (χ1) is 12.3. The zero-order valence-corrected chi connectivity index (χ0v) is 15.5. The summed E-state index contributed by atoms with van der Waals surface area (Å²) in [5, 5.41) is 2.79. The van der Waals surface area contributed by atoms with Gasteiger partial charge < -0.3 is 10.1 Å². The Morgan fingerprint density at radius 1 is 1.08 bits per heavy atom. The molecule has 0 radical (unpaired) electrons. The zero-order chi connectivity index (χ0) is 18.7. The van der Waals surface area contributed by atoms with Crippen molar-refractivity contribution in [1.82, 2.24) is 5.32 Å². The van der Waals surface area contributed by atoms with Crippen LogP contribution < -0.4 is 5.32 Å². The minimum Gasteiger partial charge on any atom is -0.444 e. The third-order valence-electron chi connectivity index (χ3n) is 4.64. The minimum atomic E-state index is -0.563. The van der Waals surface area contributed by atoms with E-state index in [4.69, 9.17) is 4.74 Å². The predicted molar refractivity (Wildman–Crippen MR) is 101 cm³/mol. The van der Waals surface area contributed by atoms with Crippen molar-refractivity contribution >= 4 is 11.9 Å². The molecular formula is C22H25NO3. The van der Waals surface area contributed by atoms with Crippen molar-refractivity contribution in [2.24, 2.45) is 5.92 Å². The highest BCUT2D eigenvalue weighted by Gasteiger charge is 2.36. The van der Waals surface area contributed by atoms with Crippen molar-refractivity contribution in [3.63, 3.8) is 0 Å².